The third-order valence-electron chi connectivity index (χ3n) is 2.91. The molecule has 4 nitrogen and oxygen atoms in total. The number of hydrogen-bond donors (Lipinski definition) is 2. The van der Waals surface area contributed by atoms with Crippen LogP contribution in [-0.4, -0.2) is 14.8 Å². The molecule has 1 aromatic carbocycles. The van der Waals surface area contributed by atoms with Gasteiger partial charge in [-0.25, -0.2) is 0 Å². The molecule has 19 heavy (non-hydrogen) atoms. The van der Waals surface area contributed by atoms with Gasteiger partial charge in [0.1, 0.15) is 10.8 Å². The molecule has 1 aromatic heterocycles. The third-order valence-corrected chi connectivity index (χ3v) is 3.61. The van der Waals surface area contributed by atoms with Gasteiger partial charge in [0.15, 0.2) is 0 Å². The Kier molecular flexibility index (Phi) is 3.91. The standard InChI is InChI=1S/C13H15BrN4S/c1-7-6-9(14)4-5-10(7)16-13-11(12(15)19)8(2)17-18(13)3/h4-6,16H,1-3H3,(H2,15,19). The van der Waals surface area contributed by atoms with Gasteiger partial charge >= 0.3 is 0 Å². The van der Waals surface area contributed by atoms with Crippen LogP contribution in [0.15, 0.2) is 22.7 Å². The van der Waals surface area contributed by atoms with Crippen molar-refractivity contribution in [3.05, 3.63) is 39.5 Å². The molecule has 6 heteroatoms. The molecule has 3 N–H and O–H groups in total. The summed E-state index contributed by atoms with van der Waals surface area (Å²) in [5.74, 6) is 0.815. The molecule has 2 aromatic rings. The van der Waals surface area contributed by atoms with E-state index in [1.54, 1.807) is 4.68 Å². The summed E-state index contributed by atoms with van der Waals surface area (Å²) in [6, 6.07) is 6.04. The summed E-state index contributed by atoms with van der Waals surface area (Å²) >= 11 is 8.55. The number of nitrogens with zero attached hydrogens (tertiary/aromatic N) is 2. The lowest BCUT2D eigenvalue weighted by atomic mass is 10.2. The molecule has 0 unspecified atom stereocenters. The molecule has 0 saturated carbocycles. The van der Waals surface area contributed by atoms with E-state index in [1.807, 2.05) is 39.1 Å². The van der Waals surface area contributed by atoms with Crippen molar-refractivity contribution in [2.24, 2.45) is 12.8 Å². The van der Waals surface area contributed by atoms with E-state index in [9.17, 15) is 0 Å². The maximum absolute atomic E-state index is 5.78. The first-order valence-corrected chi connectivity index (χ1v) is 6.97. The normalized spacial score (nSPS) is 10.5. The van der Waals surface area contributed by atoms with Gasteiger partial charge in [0.2, 0.25) is 0 Å². The van der Waals surface area contributed by atoms with Crippen molar-refractivity contribution in [1.29, 1.82) is 0 Å². The van der Waals surface area contributed by atoms with E-state index < -0.39 is 0 Å². The second-order valence-electron chi connectivity index (χ2n) is 4.38. The lowest BCUT2D eigenvalue weighted by Gasteiger charge is -2.12. The highest BCUT2D eigenvalue weighted by Gasteiger charge is 2.16. The number of anilines is 2. The SMILES string of the molecule is Cc1cc(Br)ccc1Nc1c(C(N)=S)c(C)nn1C. The van der Waals surface area contributed by atoms with Gasteiger partial charge in [0, 0.05) is 17.2 Å². The van der Waals surface area contributed by atoms with Gasteiger partial charge in [0.05, 0.1) is 11.3 Å². The van der Waals surface area contributed by atoms with Crippen molar-refractivity contribution in [3.8, 4) is 0 Å². The van der Waals surface area contributed by atoms with E-state index in [0.29, 0.717) is 4.99 Å². The molecule has 0 aliphatic carbocycles. The molecular formula is C13H15BrN4S. The van der Waals surface area contributed by atoms with Crippen molar-refractivity contribution in [2.45, 2.75) is 13.8 Å². The van der Waals surface area contributed by atoms with Crippen LogP contribution < -0.4 is 11.1 Å². The summed E-state index contributed by atoms with van der Waals surface area (Å²) in [6.45, 7) is 3.94. The van der Waals surface area contributed by atoms with Gasteiger partial charge in [-0.3, -0.25) is 4.68 Å². The number of nitrogens with two attached hydrogens (primary N) is 1. The molecular weight excluding hydrogens is 324 g/mol. The maximum atomic E-state index is 5.78. The van der Waals surface area contributed by atoms with E-state index in [-0.39, 0.29) is 0 Å². The van der Waals surface area contributed by atoms with Gasteiger partial charge in [-0.1, -0.05) is 28.1 Å². The second kappa shape index (κ2) is 5.30. The first kappa shape index (κ1) is 14.0. The number of hydrogen-bond acceptors (Lipinski definition) is 3. The number of aryl methyl sites for hydroxylation is 3. The Labute approximate surface area is 126 Å². The molecule has 0 saturated heterocycles. The molecule has 0 aliphatic heterocycles. The van der Waals surface area contributed by atoms with Crippen molar-refractivity contribution in [3.63, 3.8) is 0 Å². The van der Waals surface area contributed by atoms with Crippen molar-refractivity contribution < 1.29 is 0 Å². The zero-order valence-corrected chi connectivity index (χ0v) is 13.4. The number of aromatic nitrogens is 2. The molecule has 2 rings (SSSR count). The molecule has 0 aliphatic rings. The summed E-state index contributed by atoms with van der Waals surface area (Å²) in [4.78, 5) is 0.350. The van der Waals surface area contributed by atoms with Crippen LogP contribution in [0.5, 0.6) is 0 Å². The zero-order valence-electron chi connectivity index (χ0n) is 11.0. The zero-order chi connectivity index (χ0) is 14.2. The van der Waals surface area contributed by atoms with Crippen LogP contribution in [0.1, 0.15) is 16.8 Å². The number of nitrogens with one attached hydrogen (secondary N) is 1. The molecule has 1 heterocycles. The molecule has 100 valence electrons. The quantitative estimate of drug-likeness (QED) is 0.844. The predicted molar refractivity (Wildman–Crippen MR) is 86.0 cm³/mol. The van der Waals surface area contributed by atoms with E-state index in [2.05, 4.69) is 26.3 Å². The Balaban J connectivity index is 2.46. The third kappa shape index (κ3) is 2.79. The predicted octanol–water partition coefficient (Wildman–Crippen LogP) is 3.18. The lowest BCUT2D eigenvalue weighted by Crippen LogP contribution is -2.13. The van der Waals surface area contributed by atoms with E-state index in [1.165, 1.54) is 0 Å². The second-order valence-corrected chi connectivity index (χ2v) is 5.74. The van der Waals surface area contributed by atoms with Crippen molar-refractivity contribution >= 4 is 44.6 Å². The summed E-state index contributed by atoms with van der Waals surface area (Å²) in [6.07, 6.45) is 0. The van der Waals surface area contributed by atoms with Crippen LogP contribution in [0.4, 0.5) is 11.5 Å². The van der Waals surface area contributed by atoms with E-state index in [0.717, 1.165) is 32.8 Å². The molecule has 0 fully saturated rings. The fourth-order valence-corrected chi connectivity index (χ4v) is 2.71. The monoisotopic (exact) mass is 338 g/mol. The average molecular weight is 339 g/mol. The van der Waals surface area contributed by atoms with Gasteiger partial charge in [-0.15, -0.1) is 0 Å². The van der Waals surface area contributed by atoms with Crippen LogP contribution >= 0.6 is 28.1 Å². The fourth-order valence-electron chi connectivity index (χ4n) is 1.99. The molecule has 0 spiro atoms. The Morgan fingerprint density at radius 2 is 2.11 bits per heavy atom. The van der Waals surface area contributed by atoms with Gasteiger partial charge in [-0.05, 0) is 37.6 Å². The number of rotatable bonds is 3. The van der Waals surface area contributed by atoms with Crippen molar-refractivity contribution in [1.82, 2.24) is 9.78 Å². The Hall–Kier alpha value is -1.40. The lowest BCUT2D eigenvalue weighted by molar-refractivity contribution is 0.765. The number of thiocarbonyl (C=S) groups is 1. The van der Waals surface area contributed by atoms with E-state index >= 15 is 0 Å². The van der Waals surface area contributed by atoms with Gasteiger partial charge < -0.3 is 11.1 Å². The van der Waals surface area contributed by atoms with Gasteiger partial charge in [-0.2, -0.15) is 5.10 Å². The first-order chi connectivity index (χ1) is 8.90. The minimum absolute atomic E-state index is 0.350. The summed E-state index contributed by atoms with van der Waals surface area (Å²) < 4.78 is 2.80. The smallest absolute Gasteiger partial charge is 0.138 e. The topological polar surface area (TPSA) is 55.9 Å². The van der Waals surface area contributed by atoms with Gasteiger partial charge in [0.25, 0.3) is 0 Å². The highest BCUT2D eigenvalue weighted by molar-refractivity contribution is 9.10. The Morgan fingerprint density at radius 3 is 2.68 bits per heavy atom. The van der Waals surface area contributed by atoms with Crippen LogP contribution in [0.3, 0.4) is 0 Å². The largest absolute Gasteiger partial charge is 0.389 e. The number of benzene rings is 1. The summed E-state index contributed by atoms with van der Waals surface area (Å²) in [5.41, 5.74) is 9.52. The highest BCUT2D eigenvalue weighted by atomic mass is 79.9. The summed E-state index contributed by atoms with van der Waals surface area (Å²) in [5, 5.41) is 7.70. The molecule has 0 amide bonds. The van der Waals surface area contributed by atoms with Crippen molar-refractivity contribution in [2.75, 3.05) is 5.32 Å². The molecule has 0 bridgehead atoms. The van der Waals surface area contributed by atoms with Crippen LogP contribution in [-0.2, 0) is 7.05 Å². The van der Waals surface area contributed by atoms with Crippen LogP contribution in [0.25, 0.3) is 0 Å². The summed E-state index contributed by atoms with van der Waals surface area (Å²) in [7, 11) is 1.87. The minimum atomic E-state index is 0.350. The highest BCUT2D eigenvalue weighted by Crippen LogP contribution is 2.27. The van der Waals surface area contributed by atoms with Crippen LogP contribution in [0, 0.1) is 13.8 Å². The first-order valence-electron chi connectivity index (χ1n) is 5.76. The minimum Gasteiger partial charge on any atom is -0.389 e. The van der Waals surface area contributed by atoms with E-state index in [4.69, 9.17) is 18.0 Å². The maximum Gasteiger partial charge on any atom is 0.138 e. The fraction of sp³-hybridized carbons (Fsp3) is 0.231. The average Bonchev–Trinajstić information content (AvgIpc) is 2.57. The number of halogens is 1. The Morgan fingerprint density at radius 1 is 1.42 bits per heavy atom. The molecule has 0 atom stereocenters. The van der Waals surface area contributed by atoms with Crippen LogP contribution in [0.2, 0.25) is 0 Å². The molecule has 0 radical (unpaired) electrons. The Bertz CT molecular complexity index is 648.